The molecule has 0 saturated carbocycles. The van der Waals surface area contributed by atoms with Crippen LogP contribution < -0.4 is 0 Å². The Labute approximate surface area is 89.9 Å². The summed E-state index contributed by atoms with van der Waals surface area (Å²) in [7, 11) is 0. The van der Waals surface area contributed by atoms with Crippen molar-refractivity contribution in [3.05, 3.63) is 35.4 Å². The van der Waals surface area contributed by atoms with Crippen LogP contribution in [0, 0.1) is 0 Å². The van der Waals surface area contributed by atoms with Gasteiger partial charge in [-0.25, -0.2) is 4.79 Å². The summed E-state index contributed by atoms with van der Waals surface area (Å²) in [6.07, 6.45) is -4.49. The first kappa shape index (κ1) is 13.1. The topological polar surface area (TPSA) is 37.3 Å². The molecule has 1 aromatic carbocycles. The first-order valence-electron chi connectivity index (χ1n) is 3.32. The minimum atomic E-state index is -4.49. The Balaban J connectivity index is 0.00000169. The minimum absolute atomic E-state index is 0. The number of hydrogen-bond acceptors (Lipinski definition) is 1. The average Bonchev–Trinajstić information content (AvgIpc) is 2.03. The predicted octanol–water partition coefficient (Wildman–Crippen LogP) is 1.76. The van der Waals surface area contributed by atoms with Crippen LogP contribution in [0.2, 0.25) is 0 Å². The molecular formula is C8H6F3LiO2. The molecule has 0 saturated heterocycles. The van der Waals surface area contributed by atoms with E-state index in [0.29, 0.717) is 6.07 Å². The monoisotopic (exact) mass is 198 g/mol. The number of rotatable bonds is 1. The Morgan fingerprint density at radius 1 is 1.29 bits per heavy atom. The number of carboxylic acids is 1. The fourth-order valence-corrected chi connectivity index (χ4v) is 0.829. The van der Waals surface area contributed by atoms with Crippen molar-refractivity contribution in [2.75, 3.05) is 0 Å². The van der Waals surface area contributed by atoms with Gasteiger partial charge in [0.1, 0.15) is 0 Å². The van der Waals surface area contributed by atoms with Gasteiger partial charge in [-0.1, -0.05) is 6.07 Å². The van der Waals surface area contributed by atoms with Gasteiger partial charge in [-0.3, -0.25) is 0 Å². The Bertz CT molecular complexity index is 336. The molecule has 0 fully saturated rings. The van der Waals surface area contributed by atoms with Gasteiger partial charge in [-0.2, -0.15) is 13.2 Å². The molecule has 72 valence electrons. The number of halogens is 3. The van der Waals surface area contributed by atoms with Crippen LogP contribution in [-0.2, 0) is 6.18 Å². The van der Waals surface area contributed by atoms with E-state index in [2.05, 4.69) is 0 Å². The second-order valence-electron chi connectivity index (χ2n) is 2.38. The summed E-state index contributed by atoms with van der Waals surface area (Å²) in [5.74, 6) is -1.37. The summed E-state index contributed by atoms with van der Waals surface area (Å²) >= 11 is 0. The van der Waals surface area contributed by atoms with Crippen LogP contribution in [0.5, 0.6) is 0 Å². The molecule has 1 rings (SSSR count). The van der Waals surface area contributed by atoms with Gasteiger partial charge in [-0.05, 0) is 18.2 Å². The molecule has 0 aromatic heterocycles. The number of benzene rings is 1. The zero-order chi connectivity index (χ0) is 10.1. The number of carboxylic acid groups (broad SMARTS) is 1. The third-order valence-corrected chi connectivity index (χ3v) is 1.44. The Kier molecular flexibility index (Phi) is 4.24. The Hall–Kier alpha value is -0.923. The molecule has 0 atom stereocenters. The molecule has 0 aliphatic rings. The summed E-state index contributed by atoms with van der Waals surface area (Å²) in [6.45, 7) is 0. The molecule has 0 bridgehead atoms. The van der Waals surface area contributed by atoms with Gasteiger partial charge in [0, 0.05) is 0 Å². The SMILES string of the molecule is O=C(O)c1cccc(C(F)(F)F)c1.[LiH]. The van der Waals surface area contributed by atoms with Crippen molar-refractivity contribution >= 4 is 24.8 Å². The average molecular weight is 198 g/mol. The van der Waals surface area contributed by atoms with E-state index in [1.54, 1.807) is 0 Å². The molecule has 6 heteroatoms. The second-order valence-corrected chi connectivity index (χ2v) is 2.38. The number of hydrogen-bond donors (Lipinski definition) is 1. The van der Waals surface area contributed by atoms with Gasteiger partial charge in [-0.15, -0.1) is 0 Å². The van der Waals surface area contributed by atoms with Crippen LogP contribution in [0.3, 0.4) is 0 Å². The third kappa shape index (κ3) is 3.09. The fraction of sp³-hybridized carbons (Fsp3) is 0.125. The van der Waals surface area contributed by atoms with Gasteiger partial charge in [0.25, 0.3) is 0 Å². The zero-order valence-corrected chi connectivity index (χ0v) is 6.30. The van der Waals surface area contributed by atoms with Crippen molar-refractivity contribution in [1.29, 1.82) is 0 Å². The molecule has 1 aromatic rings. The maximum atomic E-state index is 12.0. The first-order valence-corrected chi connectivity index (χ1v) is 3.32. The van der Waals surface area contributed by atoms with Crippen molar-refractivity contribution in [2.24, 2.45) is 0 Å². The normalized spacial score (nSPS) is 10.5. The molecule has 0 radical (unpaired) electrons. The van der Waals surface area contributed by atoms with E-state index in [9.17, 15) is 18.0 Å². The molecule has 0 aliphatic heterocycles. The van der Waals surface area contributed by atoms with E-state index in [0.717, 1.165) is 18.2 Å². The number of carbonyl (C=O) groups is 1. The zero-order valence-electron chi connectivity index (χ0n) is 6.30. The fourth-order valence-electron chi connectivity index (χ4n) is 0.829. The van der Waals surface area contributed by atoms with E-state index in [-0.39, 0.29) is 24.4 Å². The molecule has 0 unspecified atom stereocenters. The molecule has 0 heterocycles. The van der Waals surface area contributed by atoms with Crippen molar-refractivity contribution in [3.8, 4) is 0 Å². The third-order valence-electron chi connectivity index (χ3n) is 1.44. The van der Waals surface area contributed by atoms with Gasteiger partial charge in [0.2, 0.25) is 0 Å². The van der Waals surface area contributed by atoms with Crippen molar-refractivity contribution in [2.45, 2.75) is 6.18 Å². The standard InChI is InChI=1S/C8H5F3O2.Li.H/c9-8(10,11)6-3-1-2-5(4-6)7(12)13;;/h1-4H,(H,12,13);;. The van der Waals surface area contributed by atoms with E-state index in [4.69, 9.17) is 5.11 Å². The Morgan fingerprint density at radius 2 is 1.86 bits per heavy atom. The van der Waals surface area contributed by atoms with Gasteiger partial charge < -0.3 is 5.11 Å². The van der Waals surface area contributed by atoms with Gasteiger partial charge >= 0.3 is 31.0 Å². The van der Waals surface area contributed by atoms with Gasteiger partial charge in [0.05, 0.1) is 11.1 Å². The van der Waals surface area contributed by atoms with Crippen LogP contribution >= 0.6 is 0 Å². The molecule has 2 nitrogen and oxygen atoms in total. The van der Waals surface area contributed by atoms with E-state index < -0.39 is 17.7 Å². The molecule has 0 spiro atoms. The summed E-state index contributed by atoms with van der Waals surface area (Å²) in [5.41, 5.74) is -1.32. The van der Waals surface area contributed by atoms with E-state index >= 15 is 0 Å². The maximum absolute atomic E-state index is 12.0. The Morgan fingerprint density at radius 3 is 2.29 bits per heavy atom. The molecular weight excluding hydrogens is 192 g/mol. The van der Waals surface area contributed by atoms with Crippen molar-refractivity contribution in [3.63, 3.8) is 0 Å². The van der Waals surface area contributed by atoms with Crippen LogP contribution in [0.4, 0.5) is 13.2 Å². The quantitative estimate of drug-likeness (QED) is 0.698. The summed E-state index contributed by atoms with van der Waals surface area (Å²) in [5, 5.41) is 8.41. The van der Waals surface area contributed by atoms with Crippen LogP contribution in [0.15, 0.2) is 24.3 Å². The summed E-state index contributed by atoms with van der Waals surface area (Å²) in [4.78, 5) is 10.3. The van der Waals surface area contributed by atoms with Crippen LogP contribution in [0.25, 0.3) is 0 Å². The number of aromatic carboxylic acids is 1. The van der Waals surface area contributed by atoms with Crippen LogP contribution in [-0.4, -0.2) is 29.9 Å². The molecule has 1 N–H and O–H groups in total. The van der Waals surface area contributed by atoms with E-state index in [1.807, 2.05) is 0 Å². The van der Waals surface area contributed by atoms with Crippen LogP contribution in [0.1, 0.15) is 15.9 Å². The van der Waals surface area contributed by atoms with E-state index in [1.165, 1.54) is 0 Å². The molecule has 14 heavy (non-hydrogen) atoms. The molecule has 0 aliphatic carbocycles. The summed E-state index contributed by atoms with van der Waals surface area (Å²) in [6, 6.07) is 3.60. The summed E-state index contributed by atoms with van der Waals surface area (Å²) < 4.78 is 36.1. The molecule has 0 amide bonds. The predicted molar refractivity (Wildman–Crippen MR) is 45.6 cm³/mol. The van der Waals surface area contributed by atoms with Crippen molar-refractivity contribution < 1.29 is 23.1 Å². The van der Waals surface area contributed by atoms with Crippen molar-refractivity contribution in [1.82, 2.24) is 0 Å². The van der Waals surface area contributed by atoms with Gasteiger partial charge in [0.15, 0.2) is 0 Å². The second kappa shape index (κ2) is 4.54. The number of alkyl halides is 3. The first-order chi connectivity index (χ1) is 5.91.